The molecule has 0 bridgehead atoms. The van der Waals surface area contributed by atoms with Gasteiger partial charge in [0.1, 0.15) is 5.52 Å². The highest BCUT2D eigenvalue weighted by atomic mass is 14.9. The lowest BCUT2D eigenvalue weighted by molar-refractivity contribution is 0.756. The number of fused-ring (bicyclic) bond motifs is 1. The fraction of sp³-hybridized carbons (Fsp3) is 0.571. The highest BCUT2D eigenvalue weighted by Crippen LogP contribution is 2.30. The molecule has 4 nitrogen and oxygen atoms in total. The third-order valence-electron chi connectivity index (χ3n) is 3.21. The van der Waals surface area contributed by atoms with Crippen LogP contribution in [0.3, 0.4) is 0 Å². The molecule has 0 saturated heterocycles. The normalized spacial score (nSPS) is 13.8. The van der Waals surface area contributed by atoms with E-state index in [9.17, 15) is 0 Å². The van der Waals surface area contributed by atoms with Crippen LogP contribution in [-0.2, 0) is 0 Å². The van der Waals surface area contributed by atoms with Crippen molar-refractivity contribution in [2.24, 2.45) is 5.73 Å². The summed E-state index contributed by atoms with van der Waals surface area (Å²) in [5.74, 6) is 0.768. The number of aromatic nitrogens is 3. The van der Waals surface area contributed by atoms with Crippen LogP contribution >= 0.6 is 0 Å². The maximum atomic E-state index is 6.10. The Balaban J connectivity index is 2.71. The van der Waals surface area contributed by atoms with Crippen molar-refractivity contribution < 1.29 is 0 Å². The van der Waals surface area contributed by atoms with Crippen LogP contribution in [0.5, 0.6) is 0 Å². The molecule has 0 fully saturated rings. The van der Waals surface area contributed by atoms with E-state index in [-0.39, 0.29) is 6.04 Å². The second-order valence-electron chi connectivity index (χ2n) is 5.54. The van der Waals surface area contributed by atoms with Crippen molar-refractivity contribution in [3.8, 4) is 0 Å². The minimum atomic E-state index is -0.0344. The smallest absolute Gasteiger partial charge is 0.156 e. The van der Waals surface area contributed by atoms with E-state index in [1.54, 1.807) is 0 Å². The lowest BCUT2D eigenvalue weighted by atomic mass is 10.0. The molecule has 18 heavy (non-hydrogen) atoms. The van der Waals surface area contributed by atoms with Gasteiger partial charge in [-0.1, -0.05) is 27.7 Å². The van der Waals surface area contributed by atoms with Crippen molar-refractivity contribution in [1.82, 2.24) is 15.0 Å². The van der Waals surface area contributed by atoms with E-state index < -0.39 is 0 Å². The summed E-state index contributed by atoms with van der Waals surface area (Å²) in [7, 11) is 0. The maximum Gasteiger partial charge on any atom is 0.156 e. The van der Waals surface area contributed by atoms with Crippen LogP contribution in [0.4, 0.5) is 0 Å². The Hall–Kier alpha value is -1.42. The average molecular weight is 246 g/mol. The molecule has 2 aromatic heterocycles. The molecule has 2 rings (SSSR count). The molecule has 0 saturated carbocycles. The minimum absolute atomic E-state index is 0.0344. The fourth-order valence-corrected chi connectivity index (χ4v) is 2.20. The van der Waals surface area contributed by atoms with Crippen molar-refractivity contribution in [1.29, 1.82) is 0 Å². The molecule has 2 aromatic rings. The largest absolute Gasteiger partial charge is 0.341 e. The van der Waals surface area contributed by atoms with Crippen LogP contribution < -0.4 is 5.73 Å². The molecule has 0 aliphatic heterocycles. The van der Waals surface area contributed by atoms with Crippen molar-refractivity contribution >= 4 is 11.2 Å². The van der Waals surface area contributed by atoms with Gasteiger partial charge >= 0.3 is 0 Å². The summed E-state index contributed by atoms with van der Waals surface area (Å²) in [6, 6.07) is -0.0344. The Morgan fingerprint density at radius 1 is 1.11 bits per heavy atom. The van der Waals surface area contributed by atoms with Crippen LogP contribution in [0, 0.1) is 0 Å². The van der Waals surface area contributed by atoms with Crippen LogP contribution in [0.15, 0.2) is 6.20 Å². The molecular formula is C14H22N4. The van der Waals surface area contributed by atoms with Crippen molar-refractivity contribution in [3.05, 3.63) is 23.1 Å². The van der Waals surface area contributed by atoms with Gasteiger partial charge in [0.15, 0.2) is 5.65 Å². The van der Waals surface area contributed by atoms with Crippen molar-refractivity contribution in [2.75, 3.05) is 0 Å². The highest BCUT2D eigenvalue weighted by Gasteiger charge is 2.19. The molecule has 3 N–H and O–H groups in total. The topological polar surface area (TPSA) is 67.6 Å². The number of hydrogen-bond donors (Lipinski definition) is 2. The summed E-state index contributed by atoms with van der Waals surface area (Å²) in [4.78, 5) is 12.6. The zero-order valence-electron chi connectivity index (χ0n) is 11.8. The third kappa shape index (κ3) is 2.12. The van der Waals surface area contributed by atoms with E-state index in [4.69, 9.17) is 10.7 Å². The predicted molar refractivity (Wildman–Crippen MR) is 74.7 cm³/mol. The number of nitrogens with one attached hydrogen (secondary N) is 1. The Bertz CT molecular complexity index is 552. The molecule has 0 aliphatic carbocycles. The van der Waals surface area contributed by atoms with Gasteiger partial charge < -0.3 is 10.7 Å². The van der Waals surface area contributed by atoms with Gasteiger partial charge in [0, 0.05) is 17.3 Å². The highest BCUT2D eigenvalue weighted by molar-refractivity contribution is 5.78. The van der Waals surface area contributed by atoms with Crippen molar-refractivity contribution in [2.45, 2.75) is 52.5 Å². The minimum Gasteiger partial charge on any atom is -0.341 e. The van der Waals surface area contributed by atoms with Gasteiger partial charge in [0.25, 0.3) is 0 Å². The zero-order valence-corrected chi connectivity index (χ0v) is 11.8. The molecule has 0 radical (unpaired) electrons. The number of rotatable bonds is 3. The Labute approximate surface area is 108 Å². The summed E-state index contributed by atoms with van der Waals surface area (Å²) < 4.78 is 0. The summed E-state index contributed by atoms with van der Waals surface area (Å²) in [5, 5.41) is 0. The van der Waals surface area contributed by atoms with Crippen molar-refractivity contribution in [3.63, 3.8) is 0 Å². The summed E-state index contributed by atoms with van der Waals surface area (Å²) in [6.07, 6.45) is 1.85. The van der Waals surface area contributed by atoms with Crippen LogP contribution in [0.1, 0.15) is 69.4 Å². The Morgan fingerprint density at radius 2 is 1.78 bits per heavy atom. The van der Waals surface area contributed by atoms with Gasteiger partial charge in [0.05, 0.1) is 11.9 Å². The summed E-state index contributed by atoms with van der Waals surface area (Å²) >= 11 is 0. The SMILES string of the molecule is CC(C)c1cnc2[nH]c(C(C)C)c(C(C)N)c2n1. The lowest BCUT2D eigenvalue weighted by Gasteiger charge is -2.10. The van der Waals surface area contributed by atoms with E-state index in [2.05, 4.69) is 37.7 Å². The average Bonchev–Trinajstić information content (AvgIpc) is 2.66. The Morgan fingerprint density at radius 3 is 2.28 bits per heavy atom. The summed E-state index contributed by atoms with van der Waals surface area (Å²) in [5.41, 5.74) is 11.1. The molecule has 1 atom stereocenters. The Kier molecular flexibility index (Phi) is 3.39. The molecule has 0 aromatic carbocycles. The standard InChI is InChI=1S/C14H22N4/c1-7(2)10-6-16-14-13(17-10)11(9(5)15)12(18-14)8(3)4/h6-9H,15H2,1-5H3,(H,16,18). The van der Waals surface area contributed by atoms with Crippen LogP contribution in [0.25, 0.3) is 11.2 Å². The summed E-state index contributed by atoms with van der Waals surface area (Å²) in [6.45, 7) is 10.5. The predicted octanol–water partition coefficient (Wildman–Crippen LogP) is 3.22. The first-order valence-electron chi connectivity index (χ1n) is 6.55. The maximum absolute atomic E-state index is 6.10. The monoisotopic (exact) mass is 246 g/mol. The molecule has 2 heterocycles. The lowest BCUT2D eigenvalue weighted by Crippen LogP contribution is -2.09. The first-order valence-corrected chi connectivity index (χ1v) is 6.55. The molecule has 98 valence electrons. The van der Waals surface area contributed by atoms with Gasteiger partial charge in [-0.05, 0) is 18.8 Å². The van der Waals surface area contributed by atoms with Crippen LogP contribution in [0.2, 0.25) is 0 Å². The van der Waals surface area contributed by atoms with Gasteiger partial charge in [0.2, 0.25) is 0 Å². The second-order valence-corrected chi connectivity index (χ2v) is 5.54. The zero-order chi connectivity index (χ0) is 13.4. The molecule has 1 unspecified atom stereocenters. The third-order valence-corrected chi connectivity index (χ3v) is 3.21. The number of nitrogens with zero attached hydrogens (tertiary/aromatic N) is 2. The van der Waals surface area contributed by atoms with Gasteiger partial charge in [-0.3, -0.25) is 0 Å². The number of aromatic amines is 1. The first-order chi connectivity index (χ1) is 8.41. The number of nitrogens with two attached hydrogens (primary N) is 1. The van der Waals surface area contributed by atoms with Gasteiger partial charge in [-0.25, -0.2) is 9.97 Å². The quantitative estimate of drug-likeness (QED) is 0.873. The second kappa shape index (κ2) is 4.69. The fourth-order valence-electron chi connectivity index (χ4n) is 2.20. The van der Waals surface area contributed by atoms with Gasteiger partial charge in [-0.15, -0.1) is 0 Å². The first kappa shape index (κ1) is 13.0. The van der Waals surface area contributed by atoms with E-state index in [0.29, 0.717) is 11.8 Å². The molecule has 0 spiro atoms. The molecular weight excluding hydrogens is 224 g/mol. The number of H-pyrrole nitrogens is 1. The van der Waals surface area contributed by atoms with Gasteiger partial charge in [-0.2, -0.15) is 0 Å². The van der Waals surface area contributed by atoms with E-state index in [1.807, 2.05) is 13.1 Å². The van der Waals surface area contributed by atoms with Crippen LogP contribution in [-0.4, -0.2) is 15.0 Å². The number of hydrogen-bond acceptors (Lipinski definition) is 3. The molecule has 0 aliphatic rings. The van der Waals surface area contributed by atoms with E-state index in [0.717, 1.165) is 28.1 Å². The molecule has 4 heteroatoms. The van der Waals surface area contributed by atoms with E-state index in [1.165, 1.54) is 0 Å². The molecule has 0 amide bonds. The van der Waals surface area contributed by atoms with E-state index >= 15 is 0 Å².